The van der Waals surface area contributed by atoms with Crippen LogP contribution in [0.4, 0.5) is 5.82 Å². The van der Waals surface area contributed by atoms with Crippen molar-refractivity contribution in [1.82, 2.24) is 5.16 Å². The van der Waals surface area contributed by atoms with Gasteiger partial charge in [-0.2, -0.15) is 0 Å². The van der Waals surface area contributed by atoms with Gasteiger partial charge in [-0.1, -0.05) is 35.8 Å². The first-order valence-corrected chi connectivity index (χ1v) is 10.5. The van der Waals surface area contributed by atoms with Crippen LogP contribution in [0.3, 0.4) is 0 Å². The molecule has 1 aliphatic rings. The lowest BCUT2D eigenvalue weighted by Gasteiger charge is -2.23. The van der Waals surface area contributed by atoms with Gasteiger partial charge >= 0.3 is 5.91 Å². The van der Waals surface area contributed by atoms with E-state index in [-0.39, 0.29) is 17.2 Å². The zero-order valence-corrected chi connectivity index (χ0v) is 18.3. The molecule has 0 spiro atoms. The van der Waals surface area contributed by atoms with Crippen LogP contribution in [0.25, 0.3) is 5.76 Å². The first kappa shape index (κ1) is 21.6. The largest absolute Gasteiger partial charge is 0.507 e. The molecule has 2 aromatic carbocycles. The Morgan fingerprint density at radius 1 is 1.19 bits per heavy atom. The van der Waals surface area contributed by atoms with E-state index in [1.165, 1.54) is 4.90 Å². The van der Waals surface area contributed by atoms with Crippen LogP contribution in [-0.2, 0) is 9.59 Å². The van der Waals surface area contributed by atoms with Crippen LogP contribution in [-0.4, -0.2) is 28.6 Å². The van der Waals surface area contributed by atoms with E-state index in [0.717, 1.165) is 6.42 Å². The molecule has 1 unspecified atom stereocenters. The average Bonchev–Trinajstić information content (AvgIpc) is 3.33. The maximum atomic E-state index is 13.1. The van der Waals surface area contributed by atoms with E-state index in [2.05, 4.69) is 5.16 Å². The number of nitrogens with zero attached hydrogens (tertiary/aromatic N) is 2. The predicted octanol–water partition coefficient (Wildman–Crippen LogP) is 5.05. The Morgan fingerprint density at radius 3 is 2.56 bits per heavy atom. The number of hydrogen-bond acceptors (Lipinski definition) is 6. The molecule has 0 saturated carbocycles. The summed E-state index contributed by atoms with van der Waals surface area (Å²) < 4.78 is 10.7. The summed E-state index contributed by atoms with van der Waals surface area (Å²) in [7, 11) is 0. The van der Waals surface area contributed by atoms with Gasteiger partial charge in [0.15, 0.2) is 5.82 Å². The van der Waals surface area contributed by atoms with Gasteiger partial charge < -0.3 is 14.4 Å². The van der Waals surface area contributed by atoms with E-state index in [0.29, 0.717) is 34.3 Å². The molecule has 1 N–H and O–H groups in total. The summed E-state index contributed by atoms with van der Waals surface area (Å²) in [5, 5.41) is 15.5. The maximum Gasteiger partial charge on any atom is 0.301 e. The molecule has 2 heterocycles. The van der Waals surface area contributed by atoms with Gasteiger partial charge in [0.1, 0.15) is 17.3 Å². The molecule has 3 aromatic rings. The van der Waals surface area contributed by atoms with E-state index >= 15 is 0 Å². The number of benzene rings is 2. The van der Waals surface area contributed by atoms with Crippen LogP contribution in [0, 0.1) is 6.92 Å². The number of carbonyl (C=O) groups excluding carboxylic acids is 2. The highest BCUT2D eigenvalue weighted by atomic mass is 35.5. The molecule has 4 rings (SSSR count). The minimum atomic E-state index is -0.922. The van der Waals surface area contributed by atoms with Crippen molar-refractivity contribution in [3.8, 4) is 5.75 Å². The van der Waals surface area contributed by atoms with Crippen molar-refractivity contribution in [1.29, 1.82) is 0 Å². The summed E-state index contributed by atoms with van der Waals surface area (Å²) >= 11 is 6.18. The van der Waals surface area contributed by atoms with Gasteiger partial charge in [0, 0.05) is 16.7 Å². The van der Waals surface area contributed by atoms with E-state index in [1.807, 2.05) is 6.92 Å². The molecule has 164 valence electrons. The molecule has 1 fully saturated rings. The Bertz CT molecular complexity index is 1200. The van der Waals surface area contributed by atoms with Crippen LogP contribution in [0.15, 0.2) is 64.7 Å². The number of halogens is 1. The summed E-state index contributed by atoms with van der Waals surface area (Å²) in [6, 6.07) is 14.1. The molecule has 0 radical (unpaired) electrons. The summed E-state index contributed by atoms with van der Waals surface area (Å²) in [6.45, 7) is 4.26. The second-order valence-electron chi connectivity index (χ2n) is 7.39. The predicted molar refractivity (Wildman–Crippen MR) is 120 cm³/mol. The highest BCUT2D eigenvalue weighted by Crippen LogP contribution is 2.42. The maximum absolute atomic E-state index is 13.1. The number of amides is 1. The zero-order chi connectivity index (χ0) is 22.8. The normalized spacial score (nSPS) is 17.7. The molecular formula is C24H21ClN2O5. The van der Waals surface area contributed by atoms with E-state index in [4.69, 9.17) is 20.9 Å². The quantitative estimate of drug-likeness (QED) is 0.319. The number of carbonyl (C=O) groups is 2. The van der Waals surface area contributed by atoms with Gasteiger partial charge in [-0.15, -0.1) is 0 Å². The summed E-state index contributed by atoms with van der Waals surface area (Å²) in [6.07, 6.45) is 0.867. The molecule has 1 saturated heterocycles. The lowest BCUT2D eigenvalue weighted by molar-refractivity contribution is -0.132. The highest BCUT2D eigenvalue weighted by molar-refractivity contribution is 6.51. The summed E-state index contributed by atoms with van der Waals surface area (Å²) in [4.78, 5) is 27.3. The third kappa shape index (κ3) is 3.99. The SMILES string of the molecule is CCCOc1ccc(C(O)=C2C(=O)C(=O)N(c3cc(C)on3)C2c2cccc(Cl)c2)cc1. The number of aliphatic hydroxyl groups excluding tert-OH is 1. The van der Waals surface area contributed by atoms with Crippen LogP contribution in [0.1, 0.15) is 36.3 Å². The van der Waals surface area contributed by atoms with Crippen molar-refractivity contribution >= 4 is 34.9 Å². The van der Waals surface area contributed by atoms with Crippen LogP contribution < -0.4 is 9.64 Å². The van der Waals surface area contributed by atoms with Crippen molar-refractivity contribution in [3.05, 3.63) is 82.1 Å². The third-order valence-electron chi connectivity index (χ3n) is 5.07. The Balaban J connectivity index is 1.84. The topological polar surface area (TPSA) is 92.9 Å². The van der Waals surface area contributed by atoms with Crippen molar-refractivity contribution in [2.24, 2.45) is 0 Å². The molecule has 32 heavy (non-hydrogen) atoms. The highest BCUT2D eigenvalue weighted by Gasteiger charge is 2.48. The fourth-order valence-electron chi connectivity index (χ4n) is 3.61. The molecule has 1 atom stereocenters. The fourth-order valence-corrected chi connectivity index (χ4v) is 3.81. The number of Topliss-reactive ketones (excluding diaryl/α,β-unsaturated/α-hetero) is 1. The fraction of sp³-hybridized carbons (Fsp3) is 0.208. The Kier molecular flexibility index (Phi) is 6.01. The molecule has 8 heteroatoms. The number of aromatic nitrogens is 1. The van der Waals surface area contributed by atoms with E-state index in [9.17, 15) is 14.7 Å². The lowest BCUT2D eigenvalue weighted by Crippen LogP contribution is -2.29. The molecular weight excluding hydrogens is 432 g/mol. The van der Waals surface area contributed by atoms with Gasteiger partial charge in [0.25, 0.3) is 5.78 Å². The molecule has 1 aromatic heterocycles. The van der Waals surface area contributed by atoms with Crippen molar-refractivity contribution in [2.75, 3.05) is 11.5 Å². The molecule has 1 aliphatic heterocycles. The van der Waals surface area contributed by atoms with E-state index in [1.54, 1.807) is 61.5 Å². The standard InChI is InChI=1S/C24H21ClN2O5/c1-3-11-31-18-9-7-15(8-10-18)22(28)20-21(16-5-4-6-17(25)13-16)27(24(30)23(20)29)19-12-14(2)32-26-19/h4-10,12-13,21,28H,3,11H2,1-2H3. The van der Waals surface area contributed by atoms with Crippen LogP contribution >= 0.6 is 11.6 Å². The first-order valence-electron chi connectivity index (χ1n) is 10.1. The zero-order valence-electron chi connectivity index (χ0n) is 17.5. The summed E-state index contributed by atoms with van der Waals surface area (Å²) in [5.41, 5.74) is 0.886. The Hall–Kier alpha value is -3.58. The van der Waals surface area contributed by atoms with Gasteiger partial charge in [0.2, 0.25) is 0 Å². The van der Waals surface area contributed by atoms with E-state index < -0.39 is 17.7 Å². The second kappa shape index (κ2) is 8.88. The van der Waals surface area contributed by atoms with Crippen molar-refractivity contribution < 1.29 is 24.0 Å². The number of aryl methyl sites for hydroxylation is 1. The minimum absolute atomic E-state index is 0.0554. The average molecular weight is 453 g/mol. The van der Waals surface area contributed by atoms with Crippen LogP contribution in [0.2, 0.25) is 5.02 Å². The molecule has 1 amide bonds. The number of hydrogen-bond donors (Lipinski definition) is 1. The number of ether oxygens (including phenoxy) is 1. The molecule has 0 bridgehead atoms. The minimum Gasteiger partial charge on any atom is -0.507 e. The van der Waals surface area contributed by atoms with Gasteiger partial charge in [-0.05, 0) is 55.3 Å². The number of aliphatic hydroxyl groups is 1. The first-order chi connectivity index (χ1) is 15.4. The second-order valence-corrected chi connectivity index (χ2v) is 7.83. The number of ketones is 1. The summed E-state index contributed by atoms with van der Waals surface area (Å²) in [5.74, 6) is -0.620. The number of anilines is 1. The van der Waals surface area contributed by atoms with Crippen LogP contribution in [0.5, 0.6) is 5.75 Å². The van der Waals surface area contributed by atoms with Gasteiger partial charge in [-0.25, -0.2) is 0 Å². The number of rotatable bonds is 6. The lowest BCUT2D eigenvalue weighted by atomic mass is 9.95. The van der Waals surface area contributed by atoms with Gasteiger partial charge in [0.05, 0.1) is 18.2 Å². The van der Waals surface area contributed by atoms with Crippen molar-refractivity contribution in [2.45, 2.75) is 26.3 Å². The third-order valence-corrected chi connectivity index (χ3v) is 5.31. The van der Waals surface area contributed by atoms with Gasteiger partial charge in [-0.3, -0.25) is 14.5 Å². The molecule has 7 nitrogen and oxygen atoms in total. The Labute approximate surface area is 189 Å². The Morgan fingerprint density at radius 2 is 1.94 bits per heavy atom. The van der Waals surface area contributed by atoms with Crippen molar-refractivity contribution in [3.63, 3.8) is 0 Å². The monoisotopic (exact) mass is 452 g/mol. The molecule has 0 aliphatic carbocycles. The smallest absolute Gasteiger partial charge is 0.301 e.